The van der Waals surface area contributed by atoms with E-state index in [4.69, 9.17) is 47.4 Å². The molecule has 0 aromatic carbocycles. The molecule has 0 aliphatic carbocycles. The van der Waals surface area contributed by atoms with E-state index in [1.54, 1.807) is 27.9 Å². The smallest absolute Gasteiger partial charge is 0.407 e. The van der Waals surface area contributed by atoms with Crippen molar-refractivity contribution in [1.29, 1.82) is 0 Å². The summed E-state index contributed by atoms with van der Waals surface area (Å²) in [5, 5.41) is 13.8. The van der Waals surface area contributed by atoms with Gasteiger partial charge in [0.2, 0.25) is 0 Å². The number of fused-ring (bicyclic) bond motifs is 6. The van der Waals surface area contributed by atoms with Crippen molar-refractivity contribution in [3.05, 3.63) is 24.3 Å². The second-order valence-corrected chi connectivity index (χ2v) is 20.1. The van der Waals surface area contributed by atoms with Crippen LogP contribution in [0.25, 0.3) is 0 Å². The summed E-state index contributed by atoms with van der Waals surface area (Å²) in [7, 11) is 1.63. The third kappa shape index (κ3) is 8.71. The van der Waals surface area contributed by atoms with E-state index in [0.29, 0.717) is 25.7 Å². The molecule has 0 aromatic rings. The van der Waals surface area contributed by atoms with Gasteiger partial charge in [0.15, 0.2) is 5.79 Å². The SMILES string of the molecule is C=C1C[C@@H]2CCC34C[C@H]5O[C@@H]6[C@@H](OC7CC[C@H](CC(=O)C[C@@H]8[C@@H](OC)[C@@H](C[C@H](O)CNC(=O)OC(C)(C)C)O[C@H]8C[C@H]8O[C@@H](CC[C@@H]1O2)C[C@@H](C)C8=C)O[C@@H]7[C@@H]6O3)[C@H]5O4. The van der Waals surface area contributed by atoms with E-state index >= 15 is 0 Å². The highest BCUT2D eigenvalue weighted by atomic mass is 16.8. The quantitative estimate of drug-likeness (QED) is 0.357. The molecule has 14 heteroatoms. The summed E-state index contributed by atoms with van der Waals surface area (Å²) in [6.45, 7) is 16.5. The van der Waals surface area contributed by atoms with Gasteiger partial charge in [-0.15, -0.1) is 0 Å². The Bertz CT molecular complexity index is 1600. The van der Waals surface area contributed by atoms with Gasteiger partial charge in [0.1, 0.15) is 41.9 Å². The van der Waals surface area contributed by atoms with Gasteiger partial charge in [-0.3, -0.25) is 4.79 Å². The van der Waals surface area contributed by atoms with Crippen molar-refractivity contribution in [3.63, 3.8) is 0 Å². The molecule has 0 radical (unpaired) electrons. The Morgan fingerprint density at radius 2 is 1.56 bits per heavy atom. The van der Waals surface area contributed by atoms with Gasteiger partial charge in [-0.1, -0.05) is 20.1 Å². The Labute approximate surface area is 348 Å². The van der Waals surface area contributed by atoms with E-state index < -0.39 is 41.9 Å². The molecule has 2 N–H and O–H groups in total. The Kier molecular flexibility index (Phi) is 11.9. The molecule has 10 aliphatic rings. The number of amides is 1. The van der Waals surface area contributed by atoms with E-state index in [1.165, 1.54) is 0 Å². The Morgan fingerprint density at radius 1 is 0.831 bits per heavy atom. The number of aliphatic hydroxyl groups is 1. The topological polar surface area (TPSA) is 159 Å². The highest BCUT2D eigenvalue weighted by Gasteiger charge is 2.68. The maximum Gasteiger partial charge on any atom is 0.407 e. The molecule has 2 unspecified atom stereocenters. The molecule has 0 aromatic heterocycles. The number of ketones is 1. The summed E-state index contributed by atoms with van der Waals surface area (Å²) in [5.74, 6) is -0.821. The van der Waals surface area contributed by atoms with Crippen LogP contribution in [0.15, 0.2) is 24.3 Å². The molecule has 1 spiro atoms. The predicted molar refractivity (Wildman–Crippen MR) is 211 cm³/mol. The monoisotopic (exact) mass is 829 g/mol. The number of hydrogen-bond donors (Lipinski definition) is 2. The van der Waals surface area contributed by atoms with Crippen LogP contribution in [0.1, 0.15) is 111 Å². The first-order chi connectivity index (χ1) is 28.1. The molecule has 59 heavy (non-hydrogen) atoms. The molecular formula is C45H67NO13. The number of rotatable bonds is 5. The molecule has 10 aliphatic heterocycles. The molecule has 19 atom stereocenters. The van der Waals surface area contributed by atoms with Crippen LogP contribution in [0.4, 0.5) is 4.79 Å². The number of hydrogen-bond acceptors (Lipinski definition) is 13. The normalized spacial score (nSPS) is 47.7. The second kappa shape index (κ2) is 16.6. The predicted octanol–water partition coefficient (Wildman–Crippen LogP) is 5.00. The van der Waals surface area contributed by atoms with Gasteiger partial charge in [-0.2, -0.15) is 0 Å². The fourth-order valence-corrected chi connectivity index (χ4v) is 11.8. The first-order valence-corrected chi connectivity index (χ1v) is 22.5. The zero-order valence-electron chi connectivity index (χ0n) is 35.6. The van der Waals surface area contributed by atoms with E-state index in [2.05, 4.69) is 25.4 Å². The number of alkyl carbamates (subject to hydrolysis) is 1. The van der Waals surface area contributed by atoms with E-state index in [1.807, 2.05) is 0 Å². The molecule has 12 bridgehead atoms. The fraction of sp³-hybridized carbons (Fsp3) is 0.867. The third-order valence-electron chi connectivity index (χ3n) is 14.6. The van der Waals surface area contributed by atoms with Crippen LogP contribution in [-0.4, -0.2) is 140 Å². The summed E-state index contributed by atoms with van der Waals surface area (Å²) in [6.07, 6.45) is 2.78. The zero-order chi connectivity index (χ0) is 41.4. The van der Waals surface area contributed by atoms with Gasteiger partial charge in [0.25, 0.3) is 0 Å². The van der Waals surface area contributed by atoms with Crippen molar-refractivity contribution >= 4 is 11.9 Å². The molecule has 10 fully saturated rings. The van der Waals surface area contributed by atoms with Crippen LogP contribution in [0.5, 0.6) is 0 Å². The Balaban J connectivity index is 0.955. The largest absolute Gasteiger partial charge is 0.444 e. The van der Waals surface area contributed by atoms with Crippen molar-refractivity contribution in [2.45, 2.75) is 220 Å². The lowest BCUT2D eigenvalue weighted by Crippen LogP contribution is -2.61. The molecule has 0 saturated carbocycles. The average molecular weight is 830 g/mol. The summed E-state index contributed by atoms with van der Waals surface area (Å²) >= 11 is 0. The first kappa shape index (κ1) is 42.3. The van der Waals surface area contributed by atoms with Crippen molar-refractivity contribution in [1.82, 2.24) is 5.32 Å². The van der Waals surface area contributed by atoms with Gasteiger partial charge < -0.3 is 57.8 Å². The highest BCUT2D eigenvalue weighted by Crippen LogP contribution is 2.54. The van der Waals surface area contributed by atoms with Gasteiger partial charge in [0, 0.05) is 58.1 Å². The summed E-state index contributed by atoms with van der Waals surface area (Å²) in [4.78, 5) is 26.6. The Hall–Kier alpha value is -1.98. The number of carbonyl (C=O) groups excluding carboxylic acids is 2. The minimum atomic E-state index is -0.935. The lowest BCUT2D eigenvalue weighted by Gasteiger charge is -2.47. The van der Waals surface area contributed by atoms with Crippen LogP contribution < -0.4 is 5.32 Å². The minimum Gasteiger partial charge on any atom is -0.444 e. The van der Waals surface area contributed by atoms with Crippen LogP contribution in [0.2, 0.25) is 0 Å². The van der Waals surface area contributed by atoms with Gasteiger partial charge in [-0.05, 0) is 82.8 Å². The number of carbonyl (C=O) groups is 2. The van der Waals surface area contributed by atoms with Crippen LogP contribution in [0, 0.1) is 11.8 Å². The average Bonchev–Trinajstić information content (AvgIpc) is 3.85. The maximum absolute atomic E-state index is 14.2. The molecule has 14 nitrogen and oxygen atoms in total. The molecule has 1 amide bonds. The van der Waals surface area contributed by atoms with Crippen LogP contribution in [-0.2, 0) is 52.2 Å². The molecule has 330 valence electrons. The third-order valence-corrected chi connectivity index (χ3v) is 14.6. The van der Waals surface area contributed by atoms with E-state index in [-0.39, 0.29) is 117 Å². The van der Waals surface area contributed by atoms with Gasteiger partial charge >= 0.3 is 6.09 Å². The number of nitrogens with one attached hydrogen (secondary N) is 1. The fourth-order valence-electron chi connectivity index (χ4n) is 11.8. The maximum atomic E-state index is 14.2. The summed E-state index contributed by atoms with van der Waals surface area (Å²) in [5.41, 5.74) is 1.48. The van der Waals surface area contributed by atoms with Gasteiger partial charge in [-0.25, -0.2) is 4.79 Å². The number of ether oxygens (including phenoxy) is 10. The number of Topliss-reactive ketones (excluding diaryl/α,β-unsaturated/α-hetero) is 1. The first-order valence-electron chi connectivity index (χ1n) is 22.5. The van der Waals surface area contributed by atoms with E-state index in [9.17, 15) is 14.7 Å². The van der Waals surface area contributed by atoms with Crippen molar-refractivity contribution in [2.75, 3.05) is 13.7 Å². The number of methoxy groups -OCH3 is 1. The number of aliphatic hydroxyl groups excluding tert-OH is 1. The summed E-state index contributed by atoms with van der Waals surface area (Å²) in [6, 6.07) is 0. The van der Waals surface area contributed by atoms with Crippen molar-refractivity contribution in [3.8, 4) is 0 Å². The van der Waals surface area contributed by atoms with E-state index in [0.717, 1.165) is 49.7 Å². The second-order valence-electron chi connectivity index (χ2n) is 20.1. The standard InChI is InChI=1S/C45H67NO13/c1-22-14-27-8-10-31-23(2)15-29(51-31)12-13-45-20-36-39(57-45)40-41(56-36)42(58-45)38-32(55-40)11-9-28(53-38)16-25(47)17-30-34(19-33(52-27)24(22)3)54-35(37(30)50-7)18-26(48)21-46-43(49)59-44(4,5)6/h22,26-42,48H,2-3,8-21H2,1,4-7H3,(H,46,49)/t22-,26+,27+,28-,29+,30+,31+,32?,33-,34+,35-,36-,37-,38+,39+,40+,41-,42+,45?/m1/s1. The lowest BCUT2D eigenvalue weighted by atomic mass is 9.81. The van der Waals surface area contributed by atoms with Crippen LogP contribution in [0.3, 0.4) is 0 Å². The molecule has 10 rings (SSSR count). The molecule has 10 heterocycles. The highest BCUT2D eigenvalue weighted by molar-refractivity contribution is 5.79. The van der Waals surface area contributed by atoms with Crippen LogP contribution >= 0.6 is 0 Å². The zero-order valence-corrected chi connectivity index (χ0v) is 35.6. The van der Waals surface area contributed by atoms with Crippen molar-refractivity contribution < 1.29 is 62.1 Å². The van der Waals surface area contributed by atoms with Gasteiger partial charge in [0.05, 0.1) is 67.1 Å². The molecular weight excluding hydrogens is 762 g/mol. The summed E-state index contributed by atoms with van der Waals surface area (Å²) < 4.78 is 65.7. The lowest BCUT2D eigenvalue weighted by molar-refractivity contribution is -0.292. The Morgan fingerprint density at radius 3 is 2.36 bits per heavy atom. The van der Waals surface area contributed by atoms with Crippen molar-refractivity contribution in [2.24, 2.45) is 11.8 Å². The molecule has 10 saturated heterocycles. The minimum absolute atomic E-state index is 0.000416.